The van der Waals surface area contributed by atoms with E-state index >= 15 is 0 Å². The van der Waals surface area contributed by atoms with Gasteiger partial charge >= 0.3 is 0 Å². The molecule has 0 saturated carbocycles. The molecule has 2 aliphatic rings. The van der Waals surface area contributed by atoms with Crippen LogP contribution in [0.15, 0.2) is 29.4 Å². The molecule has 2 aliphatic heterocycles. The highest BCUT2D eigenvalue weighted by molar-refractivity contribution is 6.04. The number of rotatable bonds is 2. The third kappa shape index (κ3) is 2.48. The van der Waals surface area contributed by atoms with Crippen LogP contribution in [-0.4, -0.2) is 35.7 Å². The van der Waals surface area contributed by atoms with Crippen molar-refractivity contribution in [2.45, 2.75) is 32.3 Å². The molecule has 19 heavy (non-hydrogen) atoms. The zero-order chi connectivity index (χ0) is 13.2. The van der Waals surface area contributed by atoms with Crippen molar-refractivity contribution in [2.75, 3.05) is 13.1 Å². The Kier molecular flexibility index (Phi) is 3.23. The van der Waals surface area contributed by atoms with Crippen molar-refractivity contribution < 1.29 is 9.63 Å². The summed E-state index contributed by atoms with van der Waals surface area (Å²) in [6, 6.07) is 8.15. The van der Waals surface area contributed by atoms with E-state index in [1.54, 1.807) is 0 Å². The highest BCUT2D eigenvalue weighted by Crippen LogP contribution is 2.20. The Morgan fingerprint density at radius 2 is 1.95 bits per heavy atom. The quantitative estimate of drug-likeness (QED) is 0.815. The molecular weight excluding hydrogens is 240 g/mol. The van der Waals surface area contributed by atoms with Gasteiger partial charge in [-0.25, -0.2) is 0 Å². The number of likely N-dealkylation sites (tertiary alicyclic amines) is 1. The highest BCUT2D eigenvalue weighted by atomic mass is 16.6. The topological polar surface area (TPSA) is 41.9 Å². The minimum Gasteiger partial charge on any atom is -0.382 e. The molecule has 0 radical (unpaired) electrons. The summed E-state index contributed by atoms with van der Waals surface area (Å²) in [5.74, 6) is 0.0864. The van der Waals surface area contributed by atoms with E-state index in [2.05, 4.69) is 12.1 Å². The van der Waals surface area contributed by atoms with E-state index in [0.717, 1.165) is 37.2 Å². The molecule has 0 bridgehead atoms. The van der Waals surface area contributed by atoms with Crippen molar-refractivity contribution in [3.63, 3.8) is 0 Å². The molecule has 0 spiro atoms. The number of hydrogen-bond donors (Lipinski definition) is 0. The standard InChI is InChI=1S/C15H18N2O2/c1-11-4-6-12(7-5-11)13-10-14(19-16-13)15(18)17-8-2-3-9-17/h4-7,14H,2-3,8-10H2,1H3/t14-/m0/s1. The van der Waals surface area contributed by atoms with E-state index in [-0.39, 0.29) is 5.91 Å². The zero-order valence-electron chi connectivity index (χ0n) is 11.1. The Labute approximate surface area is 113 Å². The first-order valence-electron chi connectivity index (χ1n) is 6.82. The molecule has 1 amide bonds. The average Bonchev–Trinajstić information content (AvgIpc) is 3.10. The lowest BCUT2D eigenvalue weighted by molar-refractivity contribution is -0.140. The van der Waals surface area contributed by atoms with Crippen molar-refractivity contribution in [3.05, 3.63) is 35.4 Å². The van der Waals surface area contributed by atoms with Gasteiger partial charge in [-0.2, -0.15) is 0 Å². The van der Waals surface area contributed by atoms with Crippen LogP contribution >= 0.6 is 0 Å². The summed E-state index contributed by atoms with van der Waals surface area (Å²) in [4.78, 5) is 19.4. The van der Waals surface area contributed by atoms with Gasteiger partial charge in [0.25, 0.3) is 5.91 Å². The molecule has 1 saturated heterocycles. The second kappa shape index (κ2) is 5.03. The molecular formula is C15H18N2O2. The maximum absolute atomic E-state index is 12.2. The molecule has 100 valence electrons. The van der Waals surface area contributed by atoms with Gasteiger partial charge in [-0.1, -0.05) is 35.0 Å². The fourth-order valence-electron chi connectivity index (χ4n) is 2.57. The third-order valence-electron chi connectivity index (χ3n) is 3.75. The van der Waals surface area contributed by atoms with Crippen molar-refractivity contribution in [1.82, 2.24) is 4.90 Å². The summed E-state index contributed by atoms with van der Waals surface area (Å²) in [5, 5.41) is 4.08. The van der Waals surface area contributed by atoms with Crippen LogP contribution in [0, 0.1) is 6.92 Å². The van der Waals surface area contributed by atoms with E-state index in [9.17, 15) is 4.79 Å². The summed E-state index contributed by atoms with van der Waals surface area (Å²) in [6.07, 6.45) is 2.36. The first-order valence-corrected chi connectivity index (χ1v) is 6.82. The van der Waals surface area contributed by atoms with Crippen LogP contribution < -0.4 is 0 Å². The van der Waals surface area contributed by atoms with Gasteiger partial charge in [0.15, 0.2) is 0 Å². The normalized spacial score (nSPS) is 22.3. The minimum atomic E-state index is -0.422. The molecule has 3 rings (SSSR count). The first kappa shape index (κ1) is 12.2. The number of benzene rings is 1. The number of oxime groups is 1. The predicted molar refractivity (Wildman–Crippen MR) is 73.0 cm³/mol. The van der Waals surface area contributed by atoms with Crippen LogP contribution in [0.3, 0.4) is 0 Å². The summed E-state index contributed by atoms with van der Waals surface area (Å²) < 4.78 is 0. The average molecular weight is 258 g/mol. The van der Waals surface area contributed by atoms with Gasteiger partial charge in [0.2, 0.25) is 6.10 Å². The molecule has 0 N–H and O–H groups in total. The van der Waals surface area contributed by atoms with Gasteiger partial charge < -0.3 is 9.74 Å². The second-order valence-electron chi connectivity index (χ2n) is 5.23. The number of carbonyl (C=O) groups is 1. The van der Waals surface area contributed by atoms with Crippen LogP contribution in [0.1, 0.15) is 30.4 Å². The van der Waals surface area contributed by atoms with Crippen molar-refractivity contribution in [1.29, 1.82) is 0 Å². The zero-order valence-corrected chi connectivity index (χ0v) is 11.1. The fourth-order valence-corrected chi connectivity index (χ4v) is 2.57. The molecule has 1 fully saturated rings. The maximum atomic E-state index is 12.2. The Bertz CT molecular complexity index is 501. The number of hydrogen-bond acceptors (Lipinski definition) is 3. The molecule has 0 aliphatic carbocycles. The highest BCUT2D eigenvalue weighted by Gasteiger charge is 2.33. The smallest absolute Gasteiger partial charge is 0.266 e. The SMILES string of the molecule is Cc1ccc(C2=NO[C@H](C(=O)N3CCCC3)C2)cc1. The van der Waals surface area contributed by atoms with Crippen LogP contribution in [0.2, 0.25) is 0 Å². The summed E-state index contributed by atoms with van der Waals surface area (Å²) in [7, 11) is 0. The third-order valence-corrected chi connectivity index (χ3v) is 3.75. The van der Waals surface area contributed by atoms with Crippen LogP contribution in [0.4, 0.5) is 0 Å². The Balaban J connectivity index is 1.65. The molecule has 1 atom stereocenters. The number of amides is 1. The van der Waals surface area contributed by atoms with E-state index < -0.39 is 6.10 Å². The Morgan fingerprint density at radius 3 is 2.63 bits per heavy atom. The lowest BCUT2D eigenvalue weighted by Gasteiger charge is -2.18. The first-order chi connectivity index (χ1) is 9.24. The molecule has 1 aromatic carbocycles. The van der Waals surface area contributed by atoms with Crippen molar-refractivity contribution in [2.24, 2.45) is 5.16 Å². The number of aryl methyl sites for hydroxylation is 1. The Morgan fingerprint density at radius 1 is 1.26 bits per heavy atom. The van der Waals surface area contributed by atoms with Crippen molar-refractivity contribution in [3.8, 4) is 0 Å². The minimum absolute atomic E-state index is 0.0864. The van der Waals surface area contributed by atoms with Gasteiger partial charge in [-0.05, 0) is 25.3 Å². The van der Waals surface area contributed by atoms with Crippen molar-refractivity contribution >= 4 is 11.6 Å². The van der Waals surface area contributed by atoms with Crippen LogP contribution in [-0.2, 0) is 9.63 Å². The maximum Gasteiger partial charge on any atom is 0.266 e. The molecule has 2 heterocycles. The molecule has 4 heteroatoms. The summed E-state index contributed by atoms with van der Waals surface area (Å²) in [6.45, 7) is 3.77. The molecule has 0 aromatic heterocycles. The van der Waals surface area contributed by atoms with E-state index in [1.807, 2.05) is 29.2 Å². The monoisotopic (exact) mass is 258 g/mol. The largest absolute Gasteiger partial charge is 0.382 e. The Hall–Kier alpha value is -1.84. The fraction of sp³-hybridized carbons (Fsp3) is 0.467. The predicted octanol–water partition coefficient (Wildman–Crippen LogP) is 2.11. The molecule has 4 nitrogen and oxygen atoms in total. The lowest BCUT2D eigenvalue weighted by atomic mass is 10.0. The van der Waals surface area contributed by atoms with Gasteiger partial charge in [-0.3, -0.25) is 4.79 Å². The molecule has 1 aromatic rings. The van der Waals surface area contributed by atoms with Crippen LogP contribution in [0.5, 0.6) is 0 Å². The second-order valence-corrected chi connectivity index (χ2v) is 5.23. The van der Waals surface area contributed by atoms with E-state index in [0.29, 0.717) is 6.42 Å². The van der Waals surface area contributed by atoms with Crippen LogP contribution in [0.25, 0.3) is 0 Å². The van der Waals surface area contributed by atoms with Gasteiger partial charge in [0.05, 0.1) is 5.71 Å². The van der Waals surface area contributed by atoms with E-state index in [4.69, 9.17) is 4.84 Å². The van der Waals surface area contributed by atoms with E-state index in [1.165, 1.54) is 5.56 Å². The van der Waals surface area contributed by atoms with Gasteiger partial charge in [0.1, 0.15) is 0 Å². The summed E-state index contributed by atoms with van der Waals surface area (Å²) >= 11 is 0. The van der Waals surface area contributed by atoms with Gasteiger partial charge in [0, 0.05) is 19.5 Å². The summed E-state index contributed by atoms with van der Waals surface area (Å²) in [5.41, 5.74) is 3.13. The number of carbonyl (C=O) groups excluding carboxylic acids is 1. The molecule has 0 unspecified atom stereocenters. The lowest BCUT2D eigenvalue weighted by Crippen LogP contribution is -2.37. The number of nitrogens with zero attached hydrogens (tertiary/aromatic N) is 2. The van der Waals surface area contributed by atoms with Gasteiger partial charge in [-0.15, -0.1) is 0 Å².